The molecule has 2 aromatic carbocycles. The number of hydrogen-bond donors (Lipinski definition) is 2. The van der Waals surface area contributed by atoms with Crippen molar-refractivity contribution in [2.45, 2.75) is 13.3 Å². The van der Waals surface area contributed by atoms with Crippen LogP contribution in [0.3, 0.4) is 0 Å². The first-order chi connectivity index (χ1) is 10.2. The molecule has 0 bridgehead atoms. The summed E-state index contributed by atoms with van der Waals surface area (Å²) in [6.45, 7) is 2.48. The number of carbonyl (C=O) groups excluding carboxylic acids is 1. The molecule has 0 atom stereocenters. The van der Waals surface area contributed by atoms with Crippen LogP contribution in [0.15, 0.2) is 48.5 Å². The average Bonchev–Trinajstić information content (AvgIpc) is 2.49. The number of carbonyl (C=O) groups is 1. The smallest absolute Gasteiger partial charge is 0.262 e. The number of anilines is 1. The van der Waals surface area contributed by atoms with Gasteiger partial charge in [-0.3, -0.25) is 4.79 Å². The molecule has 0 fully saturated rings. The van der Waals surface area contributed by atoms with Gasteiger partial charge in [-0.1, -0.05) is 36.4 Å². The molecule has 0 radical (unpaired) electrons. The lowest BCUT2D eigenvalue weighted by Crippen LogP contribution is -2.21. The maximum absolute atomic E-state index is 11.9. The second-order valence-electron chi connectivity index (χ2n) is 4.80. The maximum Gasteiger partial charge on any atom is 0.262 e. The van der Waals surface area contributed by atoms with Crippen molar-refractivity contribution in [3.8, 4) is 5.75 Å². The summed E-state index contributed by atoms with van der Waals surface area (Å²) in [5, 5.41) is 2.84. The lowest BCUT2D eigenvalue weighted by molar-refractivity contribution is -0.118. The van der Waals surface area contributed by atoms with Gasteiger partial charge in [-0.05, 0) is 43.1 Å². The van der Waals surface area contributed by atoms with Crippen LogP contribution in [0.4, 0.5) is 5.69 Å². The van der Waals surface area contributed by atoms with E-state index in [9.17, 15) is 4.79 Å². The number of amides is 1. The third kappa shape index (κ3) is 4.33. The Bertz CT molecular complexity index is 611. The molecule has 21 heavy (non-hydrogen) atoms. The zero-order valence-corrected chi connectivity index (χ0v) is 12.1. The van der Waals surface area contributed by atoms with Crippen molar-refractivity contribution in [3.63, 3.8) is 0 Å². The highest BCUT2D eigenvalue weighted by Gasteiger charge is 2.07. The summed E-state index contributed by atoms with van der Waals surface area (Å²) in [6, 6.07) is 15.3. The molecule has 4 heteroatoms. The molecule has 0 aromatic heterocycles. The van der Waals surface area contributed by atoms with Gasteiger partial charge in [-0.15, -0.1) is 0 Å². The summed E-state index contributed by atoms with van der Waals surface area (Å²) in [7, 11) is 0. The number of aryl methyl sites for hydroxylation is 1. The number of para-hydroxylation sites is 2. The lowest BCUT2D eigenvalue weighted by atomic mass is 10.1. The van der Waals surface area contributed by atoms with Gasteiger partial charge in [0.15, 0.2) is 6.61 Å². The fourth-order valence-electron chi connectivity index (χ4n) is 2.05. The minimum Gasteiger partial charge on any atom is -0.483 e. The van der Waals surface area contributed by atoms with E-state index in [2.05, 4.69) is 5.32 Å². The van der Waals surface area contributed by atoms with Crippen LogP contribution in [0.2, 0.25) is 0 Å². The van der Waals surface area contributed by atoms with Gasteiger partial charge in [0.1, 0.15) is 5.75 Å². The summed E-state index contributed by atoms with van der Waals surface area (Å²) in [5.74, 6) is 0.537. The van der Waals surface area contributed by atoms with Crippen LogP contribution in [-0.4, -0.2) is 19.1 Å². The normalized spacial score (nSPS) is 10.2. The molecule has 3 N–H and O–H groups in total. The Balaban J connectivity index is 1.94. The van der Waals surface area contributed by atoms with E-state index in [0.717, 1.165) is 23.2 Å². The molecular weight excluding hydrogens is 264 g/mol. The fourth-order valence-corrected chi connectivity index (χ4v) is 2.05. The van der Waals surface area contributed by atoms with E-state index in [1.54, 1.807) is 0 Å². The molecule has 0 saturated carbocycles. The Hall–Kier alpha value is -2.33. The molecule has 2 aromatic rings. The SMILES string of the molecule is Cc1ccccc1NC(=O)COc1ccccc1CCN. The second-order valence-corrected chi connectivity index (χ2v) is 4.80. The van der Waals surface area contributed by atoms with E-state index in [1.807, 2.05) is 55.5 Å². The maximum atomic E-state index is 11.9. The first kappa shape index (κ1) is 15.1. The standard InChI is InChI=1S/C17H20N2O2/c1-13-6-2-4-8-15(13)19-17(20)12-21-16-9-5-3-7-14(16)10-11-18/h2-9H,10-12,18H2,1H3,(H,19,20). The Kier molecular flexibility index (Phi) is 5.35. The second kappa shape index (κ2) is 7.45. The summed E-state index contributed by atoms with van der Waals surface area (Å²) in [4.78, 5) is 11.9. The van der Waals surface area contributed by atoms with E-state index < -0.39 is 0 Å². The Morgan fingerprint density at radius 2 is 1.86 bits per heavy atom. The molecule has 0 aliphatic carbocycles. The van der Waals surface area contributed by atoms with E-state index in [1.165, 1.54) is 0 Å². The molecule has 110 valence electrons. The highest BCUT2D eigenvalue weighted by atomic mass is 16.5. The van der Waals surface area contributed by atoms with Gasteiger partial charge >= 0.3 is 0 Å². The fraction of sp³-hybridized carbons (Fsp3) is 0.235. The molecule has 4 nitrogen and oxygen atoms in total. The Morgan fingerprint density at radius 3 is 2.62 bits per heavy atom. The molecule has 0 unspecified atom stereocenters. The first-order valence-corrected chi connectivity index (χ1v) is 6.97. The van der Waals surface area contributed by atoms with Crippen molar-refractivity contribution < 1.29 is 9.53 Å². The molecule has 0 aliphatic heterocycles. The largest absolute Gasteiger partial charge is 0.483 e. The summed E-state index contributed by atoms with van der Waals surface area (Å²) >= 11 is 0. The van der Waals surface area contributed by atoms with E-state index >= 15 is 0 Å². The minimum absolute atomic E-state index is 0.0179. The molecule has 2 rings (SSSR count). The lowest BCUT2D eigenvalue weighted by Gasteiger charge is -2.12. The van der Waals surface area contributed by atoms with Crippen molar-refractivity contribution in [1.82, 2.24) is 0 Å². The summed E-state index contributed by atoms with van der Waals surface area (Å²) < 4.78 is 5.60. The molecular formula is C17H20N2O2. The van der Waals surface area contributed by atoms with Gasteiger partial charge < -0.3 is 15.8 Å². The van der Waals surface area contributed by atoms with E-state index in [-0.39, 0.29) is 12.5 Å². The molecule has 1 amide bonds. The van der Waals surface area contributed by atoms with Crippen LogP contribution in [-0.2, 0) is 11.2 Å². The van der Waals surface area contributed by atoms with Gasteiger partial charge in [0.05, 0.1) is 0 Å². The predicted molar refractivity (Wildman–Crippen MR) is 84.5 cm³/mol. The van der Waals surface area contributed by atoms with Crippen LogP contribution in [0.5, 0.6) is 5.75 Å². The van der Waals surface area contributed by atoms with Crippen molar-refractivity contribution in [3.05, 3.63) is 59.7 Å². The topological polar surface area (TPSA) is 64.3 Å². The van der Waals surface area contributed by atoms with Gasteiger partial charge in [-0.25, -0.2) is 0 Å². The van der Waals surface area contributed by atoms with Crippen LogP contribution in [0.25, 0.3) is 0 Å². The van der Waals surface area contributed by atoms with E-state index in [4.69, 9.17) is 10.5 Å². The monoisotopic (exact) mass is 284 g/mol. The van der Waals surface area contributed by atoms with Gasteiger partial charge in [0.2, 0.25) is 0 Å². The summed E-state index contributed by atoms with van der Waals surface area (Å²) in [6.07, 6.45) is 0.732. The van der Waals surface area contributed by atoms with Crippen molar-refractivity contribution in [1.29, 1.82) is 0 Å². The van der Waals surface area contributed by atoms with Gasteiger partial charge in [-0.2, -0.15) is 0 Å². The number of nitrogens with two attached hydrogens (primary N) is 1. The van der Waals surface area contributed by atoms with Crippen molar-refractivity contribution in [2.75, 3.05) is 18.5 Å². The van der Waals surface area contributed by atoms with E-state index in [0.29, 0.717) is 12.3 Å². The predicted octanol–water partition coefficient (Wildman–Crippen LogP) is 2.51. The van der Waals surface area contributed by atoms with Crippen molar-refractivity contribution >= 4 is 11.6 Å². The average molecular weight is 284 g/mol. The number of benzene rings is 2. The number of hydrogen-bond acceptors (Lipinski definition) is 3. The highest BCUT2D eigenvalue weighted by Crippen LogP contribution is 2.18. The van der Waals surface area contributed by atoms with Crippen LogP contribution in [0, 0.1) is 6.92 Å². The quantitative estimate of drug-likeness (QED) is 0.856. The number of nitrogens with one attached hydrogen (secondary N) is 1. The van der Waals surface area contributed by atoms with Crippen LogP contribution >= 0.6 is 0 Å². The van der Waals surface area contributed by atoms with Crippen molar-refractivity contribution in [2.24, 2.45) is 5.73 Å². The zero-order valence-electron chi connectivity index (χ0n) is 12.1. The number of rotatable bonds is 6. The zero-order chi connectivity index (χ0) is 15.1. The minimum atomic E-state index is -0.174. The molecule has 0 spiro atoms. The molecule has 0 aliphatic rings. The molecule has 0 heterocycles. The third-order valence-electron chi connectivity index (χ3n) is 3.16. The highest BCUT2D eigenvalue weighted by molar-refractivity contribution is 5.92. The Morgan fingerprint density at radius 1 is 1.14 bits per heavy atom. The van der Waals surface area contributed by atoms with Gasteiger partial charge in [0.25, 0.3) is 5.91 Å². The first-order valence-electron chi connectivity index (χ1n) is 6.97. The Labute approximate surface area is 124 Å². The van der Waals surface area contributed by atoms with Crippen LogP contribution in [0.1, 0.15) is 11.1 Å². The third-order valence-corrected chi connectivity index (χ3v) is 3.16. The van der Waals surface area contributed by atoms with Gasteiger partial charge in [0, 0.05) is 5.69 Å². The number of ether oxygens (including phenoxy) is 1. The molecule has 0 saturated heterocycles. The van der Waals surface area contributed by atoms with Crippen LogP contribution < -0.4 is 15.8 Å². The summed E-state index contributed by atoms with van der Waals surface area (Å²) in [5.41, 5.74) is 8.42.